The lowest BCUT2D eigenvalue weighted by molar-refractivity contribution is -0.135. The highest BCUT2D eigenvalue weighted by Crippen LogP contribution is 2.19. The van der Waals surface area contributed by atoms with Crippen LogP contribution in [-0.2, 0) is 14.3 Å². The number of nitrogens with zero attached hydrogens (tertiary/aromatic N) is 2. The highest BCUT2D eigenvalue weighted by atomic mass is 16.5. The average Bonchev–Trinajstić information content (AvgIpc) is 2.93. The first kappa shape index (κ1) is 24.9. The van der Waals surface area contributed by atoms with Crippen molar-refractivity contribution in [2.75, 3.05) is 56.7 Å². The standard InChI is InChI=1S/C28H29N3O5/c1-30(19-26(32)29-23-9-11-24(12-10-23)31-15-17-35-18-16-31)27(33)20-36-25-13-7-22(8-14-25)28(34)21-5-3-2-4-6-21/h2-14H,15-20H2,1H3,(H,29,32). The number of likely N-dealkylation sites (N-methyl/N-ethyl adjacent to an activating group) is 1. The molecular formula is C28H29N3O5. The molecule has 0 aromatic heterocycles. The van der Waals surface area contributed by atoms with Crippen LogP contribution in [0.3, 0.4) is 0 Å². The maximum absolute atomic E-state index is 12.5. The summed E-state index contributed by atoms with van der Waals surface area (Å²) in [6.07, 6.45) is 0. The normalized spacial score (nSPS) is 13.1. The van der Waals surface area contributed by atoms with E-state index in [0.29, 0.717) is 35.8 Å². The summed E-state index contributed by atoms with van der Waals surface area (Å²) in [6.45, 7) is 2.79. The number of ketones is 1. The van der Waals surface area contributed by atoms with Crippen molar-refractivity contribution in [3.8, 4) is 5.75 Å². The van der Waals surface area contributed by atoms with Gasteiger partial charge in [-0.3, -0.25) is 14.4 Å². The first-order valence-corrected chi connectivity index (χ1v) is 11.8. The largest absolute Gasteiger partial charge is 0.484 e. The summed E-state index contributed by atoms with van der Waals surface area (Å²) in [4.78, 5) is 40.9. The second-order valence-electron chi connectivity index (χ2n) is 8.45. The minimum Gasteiger partial charge on any atom is -0.484 e. The molecule has 0 atom stereocenters. The Hall–Kier alpha value is -4.17. The molecule has 0 spiro atoms. The fourth-order valence-electron chi connectivity index (χ4n) is 3.80. The molecule has 8 heteroatoms. The van der Waals surface area contributed by atoms with Gasteiger partial charge in [0.05, 0.1) is 19.8 Å². The highest BCUT2D eigenvalue weighted by Gasteiger charge is 2.15. The minimum atomic E-state index is -0.336. The fourth-order valence-corrected chi connectivity index (χ4v) is 3.80. The van der Waals surface area contributed by atoms with E-state index in [9.17, 15) is 14.4 Å². The van der Waals surface area contributed by atoms with Crippen LogP contribution in [0.25, 0.3) is 0 Å². The van der Waals surface area contributed by atoms with Gasteiger partial charge in [-0.15, -0.1) is 0 Å². The van der Waals surface area contributed by atoms with Gasteiger partial charge in [0.15, 0.2) is 12.4 Å². The Morgan fingerprint density at radius 2 is 1.53 bits per heavy atom. The zero-order valence-corrected chi connectivity index (χ0v) is 20.2. The van der Waals surface area contributed by atoms with Gasteiger partial charge in [-0.05, 0) is 48.5 Å². The minimum absolute atomic E-state index is 0.0836. The first-order valence-electron chi connectivity index (χ1n) is 11.8. The third-order valence-corrected chi connectivity index (χ3v) is 5.85. The molecule has 4 rings (SSSR count). The van der Waals surface area contributed by atoms with Crippen molar-refractivity contribution in [2.45, 2.75) is 0 Å². The first-order chi connectivity index (χ1) is 17.5. The van der Waals surface area contributed by atoms with Crippen molar-refractivity contribution < 1.29 is 23.9 Å². The van der Waals surface area contributed by atoms with Crippen LogP contribution in [0.15, 0.2) is 78.9 Å². The van der Waals surface area contributed by atoms with E-state index >= 15 is 0 Å². The molecule has 0 unspecified atom stereocenters. The molecule has 1 aliphatic rings. The van der Waals surface area contributed by atoms with E-state index in [1.807, 2.05) is 42.5 Å². The van der Waals surface area contributed by atoms with E-state index in [1.54, 1.807) is 43.4 Å². The van der Waals surface area contributed by atoms with E-state index in [4.69, 9.17) is 9.47 Å². The van der Waals surface area contributed by atoms with E-state index < -0.39 is 0 Å². The number of hydrogen-bond donors (Lipinski definition) is 1. The zero-order chi connectivity index (χ0) is 25.3. The van der Waals surface area contributed by atoms with Crippen LogP contribution in [-0.4, -0.2) is 69.0 Å². The van der Waals surface area contributed by atoms with Crippen molar-refractivity contribution in [2.24, 2.45) is 0 Å². The van der Waals surface area contributed by atoms with Crippen LogP contribution in [0, 0.1) is 0 Å². The summed E-state index contributed by atoms with van der Waals surface area (Å²) in [5.41, 5.74) is 2.89. The lowest BCUT2D eigenvalue weighted by atomic mass is 10.0. The highest BCUT2D eigenvalue weighted by molar-refractivity contribution is 6.09. The Balaban J connectivity index is 1.22. The molecule has 2 amide bonds. The monoisotopic (exact) mass is 487 g/mol. The molecule has 3 aromatic rings. The fraction of sp³-hybridized carbons (Fsp3) is 0.250. The van der Waals surface area contributed by atoms with Gasteiger partial charge >= 0.3 is 0 Å². The quantitative estimate of drug-likeness (QED) is 0.467. The molecule has 8 nitrogen and oxygen atoms in total. The summed E-state index contributed by atoms with van der Waals surface area (Å²) in [7, 11) is 1.55. The predicted molar refractivity (Wildman–Crippen MR) is 138 cm³/mol. The molecule has 186 valence electrons. The molecule has 1 aliphatic heterocycles. The maximum Gasteiger partial charge on any atom is 0.260 e. The number of carbonyl (C=O) groups excluding carboxylic acids is 3. The Morgan fingerprint density at radius 1 is 0.889 bits per heavy atom. The Kier molecular flexibility index (Phi) is 8.31. The van der Waals surface area contributed by atoms with E-state index in [0.717, 1.165) is 18.8 Å². The summed E-state index contributed by atoms with van der Waals surface area (Å²) < 4.78 is 10.9. The van der Waals surface area contributed by atoms with Gasteiger partial charge in [0.25, 0.3) is 5.91 Å². The van der Waals surface area contributed by atoms with Gasteiger partial charge in [-0.1, -0.05) is 30.3 Å². The Labute approximate surface area is 210 Å². The number of amides is 2. The van der Waals surface area contributed by atoms with Crippen molar-refractivity contribution >= 4 is 29.0 Å². The Bertz CT molecular complexity index is 1170. The Morgan fingerprint density at radius 3 is 2.19 bits per heavy atom. The molecule has 0 aliphatic carbocycles. The van der Waals surface area contributed by atoms with Gasteiger partial charge in [0.1, 0.15) is 5.75 Å². The zero-order valence-electron chi connectivity index (χ0n) is 20.2. The van der Waals surface area contributed by atoms with E-state index in [-0.39, 0.29) is 30.7 Å². The van der Waals surface area contributed by atoms with Crippen LogP contribution in [0.1, 0.15) is 15.9 Å². The average molecular weight is 488 g/mol. The number of anilines is 2. The molecule has 1 heterocycles. The number of hydrogen-bond acceptors (Lipinski definition) is 6. The third-order valence-electron chi connectivity index (χ3n) is 5.85. The molecule has 3 aromatic carbocycles. The third kappa shape index (κ3) is 6.70. The number of ether oxygens (including phenoxy) is 2. The molecule has 0 bridgehead atoms. The number of morpholine rings is 1. The summed E-state index contributed by atoms with van der Waals surface area (Å²) in [5.74, 6) is -0.253. The molecule has 1 fully saturated rings. The molecule has 1 saturated heterocycles. The molecule has 0 radical (unpaired) electrons. The number of carbonyl (C=O) groups is 3. The number of benzene rings is 3. The van der Waals surface area contributed by atoms with Crippen molar-refractivity contribution in [1.82, 2.24) is 4.90 Å². The summed E-state index contributed by atoms with van der Waals surface area (Å²) >= 11 is 0. The lowest BCUT2D eigenvalue weighted by Gasteiger charge is -2.28. The van der Waals surface area contributed by atoms with Gasteiger partial charge in [-0.25, -0.2) is 0 Å². The topological polar surface area (TPSA) is 88.2 Å². The van der Waals surface area contributed by atoms with Gasteiger partial charge < -0.3 is 24.6 Å². The van der Waals surface area contributed by atoms with Crippen molar-refractivity contribution in [3.63, 3.8) is 0 Å². The van der Waals surface area contributed by atoms with Gasteiger partial charge in [0.2, 0.25) is 5.91 Å². The predicted octanol–water partition coefficient (Wildman–Crippen LogP) is 3.23. The lowest BCUT2D eigenvalue weighted by Crippen LogP contribution is -2.37. The van der Waals surface area contributed by atoms with Gasteiger partial charge in [0, 0.05) is 42.6 Å². The number of rotatable bonds is 9. The van der Waals surface area contributed by atoms with Crippen molar-refractivity contribution in [1.29, 1.82) is 0 Å². The van der Waals surface area contributed by atoms with Crippen LogP contribution < -0.4 is 15.0 Å². The summed E-state index contributed by atoms with van der Waals surface area (Å²) in [6, 6.07) is 23.3. The van der Waals surface area contributed by atoms with Crippen LogP contribution in [0.4, 0.5) is 11.4 Å². The molecular weight excluding hydrogens is 458 g/mol. The van der Waals surface area contributed by atoms with Gasteiger partial charge in [-0.2, -0.15) is 0 Å². The van der Waals surface area contributed by atoms with Crippen molar-refractivity contribution in [3.05, 3.63) is 90.0 Å². The maximum atomic E-state index is 12.5. The van der Waals surface area contributed by atoms with Crippen LogP contribution >= 0.6 is 0 Å². The second-order valence-corrected chi connectivity index (χ2v) is 8.45. The van der Waals surface area contributed by atoms with Crippen LogP contribution in [0.2, 0.25) is 0 Å². The summed E-state index contributed by atoms with van der Waals surface area (Å²) in [5, 5.41) is 2.81. The second kappa shape index (κ2) is 12.0. The molecule has 0 saturated carbocycles. The number of nitrogens with one attached hydrogen (secondary N) is 1. The van der Waals surface area contributed by atoms with E-state index in [2.05, 4.69) is 10.2 Å². The van der Waals surface area contributed by atoms with E-state index in [1.165, 1.54) is 4.90 Å². The molecule has 36 heavy (non-hydrogen) atoms. The SMILES string of the molecule is CN(CC(=O)Nc1ccc(N2CCOCC2)cc1)C(=O)COc1ccc(C(=O)c2ccccc2)cc1. The molecule has 1 N–H and O–H groups in total. The smallest absolute Gasteiger partial charge is 0.260 e. The van der Waals surface area contributed by atoms with Crippen LogP contribution in [0.5, 0.6) is 5.75 Å².